The number of carbonyl (C=O) groups excluding carboxylic acids is 1. The Labute approximate surface area is 138 Å². The summed E-state index contributed by atoms with van der Waals surface area (Å²) in [6, 6.07) is 11.8. The number of nitrogens with one attached hydrogen (secondary N) is 1. The van der Waals surface area contributed by atoms with Gasteiger partial charge in [-0.25, -0.2) is 0 Å². The maximum atomic E-state index is 12.4. The number of hydrogen-bond acceptors (Lipinski definition) is 2. The molecule has 0 unspecified atom stereocenters. The molecule has 1 amide bonds. The Morgan fingerprint density at radius 2 is 1.78 bits per heavy atom. The molecule has 1 atom stereocenters. The highest BCUT2D eigenvalue weighted by molar-refractivity contribution is 5.94. The van der Waals surface area contributed by atoms with Crippen LogP contribution in [0.5, 0.6) is 5.75 Å². The third-order valence-electron chi connectivity index (χ3n) is 4.12. The minimum atomic E-state index is -0.0677. The normalized spacial score (nSPS) is 11.9. The Balaban J connectivity index is 2.11. The molecular weight excluding hydrogens is 286 g/mol. The number of benzene rings is 2. The monoisotopic (exact) mass is 311 g/mol. The van der Waals surface area contributed by atoms with Crippen LogP contribution < -0.4 is 10.1 Å². The molecule has 1 N–H and O–H groups in total. The van der Waals surface area contributed by atoms with Gasteiger partial charge < -0.3 is 10.1 Å². The van der Waals surface area contributed by atoms with Gasteiger partial charge in [0.15, 0.2) is 0 Å². The van der Waals surface area contributed by atoms with Gasteiger partial charge in [-0.15, -0.1) is 0 Å². The van der Waals surface area contributed by atoms with Gasteiger partial charge in [0, 0.05) is 5.56 Å². The van der Waals surface area contributed by atoms with Crippen molar-refractivity contribution >= 4 is 5.91 Å². The summed E-state index contributed by atoms with van der Waals surface area (Å²) in [6.07, 6.45) is 0. The van der Waals surface area contributed by atoms with E-state index in [0.29, 0.717) is 12.2 Å². The van der Waals surface area contributed by atoms with Crippen molar-refractivity contribution in [3.05, 3.63) is 64.2 Å². The molecule has 2 aromatic rings. The molecule has 0 saturated carbocycles. The summed E-state index contributed by atoms with van der Waals surface area (Å²) < 4.78 is 5.51. The van der Waals surface area contributed by atoms with Crippen molar-refractivity contribution in [1.82, 2.24) is 5.32 Å². The SMILES string of the molecule is CCOc1ccc(C(=O)N[C@@H](C)c2ccc(C)c(C)c2)cc1C. The van der Waals surface area contributed by atoms with E-state index in [4.69, 9.17) is 4.74 Å². The number of amides is 1. The fourth-order valence-corrected chi connectivity index (χ4v) is 2.51. The molecule has 0 spiro atoms. The largest absolute Gasteiger partial charge is 0.494 e. The lowest BCUT2D eigenvalue weighted by Crippen LogP contribution is -2.26. The number of aryl methyl sites for hydroxylation is 3. The molecule has 0 fully saturated rings. The topological polar surface area (TPSA) is 38.3 Å². The maximum absolute atomic E-state index is 12.4. The second kappa shape index (κ2) is 7.32. The van der Waals surface area contributed by atoms with Crippen molar-refractivity contribution in [2.75, 3.05) is 6.61 Å². The number of rotatable bonds is 5. The van der Waals surface area contributed by atoms with Crippen LogP contribution in [-0.4, -0.2) is 12.5 Å². The first-order valence-corrected chi connectivity index (χ1v) is 8.03. The van der Waals surface area contributed by atoms with Gasteiger partial charge in [0.25, 0.3) is 5.91 Å². The van der Waals surface area contributed by atoms with Crippen LogP contribution in [0.25, 0.3) is 0 Å². The third kappa shape index (κ3) is 4.13. The summed E-state index contributed by atoms with van der Waals surface area (Å²) in [4.78, 5) is 12.4. The van der Waals surface area contributed by atoms with Gasteiger partial charge in [-0.05, 0) is 75.1 Å². The molecule has 0 saturated heterocycles. The lowest BCUT2D eigenvalue weighted by molar-refractivity contribution is 0.0939. The van der Waals surface area contributed by atoms with E-state index in [1.54, 1.807) is 6.07 Å². The molecule has 3 heteroatoms. The van der Waals surface area contributed by atoms with E-state index in [9.17, 15) is 4.79 Å². The van der Waals surface area contributed by atoms with Gasteiger partial charge in [-0.3, -0.25) is 4.79 Å². The van der Waals surface area contributed by atoms with E-state index in [-0.39, 0.29) is 11.9 Å². The summed E-state index contributed by atoms with van der Waals surface area (Å²) in [5.74, 6) is 0.758. The van der Waals surface area contributed by atoms with Crippen molar-refractivity contribution in [2.24, 2.45) is 0 Å². The fraction of sp³-hybridized carbons (Fsp3) is 0.350. The van der Waals surface area contributed by atoms with Gasteiger partial charge in [-0.2, -0.15) is 0 Å². The highest BCUT2D eigenvalue weighted by Crippen LogP contribution is 2.21. The van der Waals surface area contributed by atoms with E-state index in [0.717, 1.165) is 16.9 Å². The molecule has 2 rings (SSSR count). The zero-order valence-corrected chi connectivity index (χ0v) is 14.6. The van der Waals surface area contributed by atoms with Crippen LogP contribution >= 0.6 is 0 Å². The van der Waals surface area contributed by atoms with Crippen LogP contribution in [0.3, 0.4) is 0 Å². The van der Waals surface area contributed by atoms with Crippen LogP contribution in [0.4, 0.5) is 0 Å². The molecule has 0 bridgehead atoms. The quantitative estimate of drug-likeness (QED) is 0.883. The van der Waals surface area contributed by atoms with Crippen LogP contribution in [0, 0.1) is 20.8 Å². The van der Waals surface area contributed by atoms with Gasteiger partial charge >= 0.3 is 0 Å². The van der Waals surface area contributed by atoms with Crippen molar-refractivity contribution in [3.63, 3.8) is 0 Å². The average Bonchev–Trinajstić information content (AvgIpc) is 2.52. The fourth-order valence-electron chi connectivity index (χ4n) is 2.51. The van der Waals surface area contributed by atoms with Crippen molar-refractivity contribution in [2.45, 2.75) is 40.7 Å². The summed E-state index contributed by atoms with van der Waals surface area (Å²) >= 11 is 0. The van der Waals surface area contributed by atoms with E-state index in [2.05, 4.69) is 37.4 Å². The molecule has 0 aromatic heterocycles. The van der Waals surface area contributed by atoms with E-state index in [1.165, 1.54) is 11.1 Å². The van der Waals surface area contributed by atoms with E-state index >= 15 is 0 Å². The number of hydrogen-bond donors (Lipinski definition) is 1. The van der Waals surface area contributed by atoms with Gasteiger partial charge in [0.2, 0.25) is 0 Å². The first-order chi connectivity index (χ1) is 10.9. The molecular formula is C20H25NO2. The molecule has 122 valence electrons. The molecule has 0 aliphatic heterocycles. The number of ether oxygens (including phenoxy) is 1. The minimum Gasteiger partial charge on any atom is -0.494 e. The first-order valence-electron chi connectivity index (χ1n) is 8.03. The second-order valence-corrected chi connectivity index (χ2v) is 5.95. The van der Waals surface area contributed by atoms with Gasteiger partial charge in [0.1, 0.15) is 5.75 Å². The highest BCUT2D eigenvalue weighted by atomic mass is 16.5. The molecule has 2 aromatic carbocycles. The standard InChI is InChI=1S/C20H25NO2/c1-6-23-19-10-9-18(12-15(19)4)20(22)21-16(5)17-8-7-13(2)14(3)11-17/h7-12,16H,6H2,1-5H3,(H,21,22)/t16-/m0/s1. The smallest absolute Gasteiger partial charge is 0.251 e. The van der Waals surface area contributed by atoms with Crippen LogP contribution in [0.2, 0.25) is 0 Å². The molecule has 0 heterocycles. The average molecular weight is 311 g/mol. The lowest BCUT2D eigenvalue weighted by atomic mass is 10.0. The summed E-state index contributed by atoms with van der Waals surface area (Å²) in [5.41, 5.74) is 5.24. The second-order valence-electron chi connectivity index (χ2n) is 5.95. The molecule has 0 aliphatic rings. The van der Waals surface area contributed by atoms with E-state index in [1.807, 2.05) is 32.9 Å². The minimum absolute atomic E-state index is 0.0336. The van der Waals surface area contributed by atoms with Crippen molar-refractivity contribution in [3.8, 4) is 5.75 Å². The third-order valence-corrected chi connectivity index (χ3v) is 4.12. The Kier molecular flexibility index (Phi) is 5.43. The number of carbonyl (C=O) groups is 1. The Hall–Kier alpha value is -2.29. The molecule has 23 heavy (non-hydrogen) atoms. The summed E-state index contributed by atoms with van der Waals surface area (Å²) in [6.45, 7) is 10.7. The Bertz CT molecular complexity index is 707. The Morgan fingerprint density at radius 3 is 2.39 bits per heavy atom. The van der Waals surface area contributed by atoms with E-state index < -0.39 is 0 Å². The summed E-state index contributed by atoms with van der Waals surface area (Å²) in [5, 5.41) is 3.06. The maximum Gasteiger partial charge on any atom is 0.251 e. The van der Waals surface area contributed by atoms with Gasteiger partial charge in [0.05, 0.1) is 12.6 Å². The lowest BCUT2D eigenvalue weighted by Gasteiger charge is -2.16. The van der Waals surface area contributed by atoms with Crippen LogP contribution in [0.15, 0.2) is 36.4 Å². The molecule has 0 radical (unpaired) electrons. The van der Waals surface area contributed by atoms with Crippen LogP contribution in [-0.2, 0) is 0 Å². The zero-order chi connectivity index (χ0) is 17.0. The molecule has 0 aliphatic carbocycles. The predicted molar refractivity (Wildman–Crippen MR) is 94.1 cm³/mol. The van der Waals surface area contributed by atoms with Gasteiger partial charge in [-0.1, -0.05) is 18.2 Å². The van der Waals surface area contributed by atoms with Crippen LogP contribution in [0.1, 0.15) is 52.5 Å². The summed E-state index contributed by atoms with van der Waals surface area (Å²) in [7, 11) is 0. The zero-order valence-electron chi connectivity index (χ0n) is 14.6. The predicted octanol–water partition coefficient (Wildman–Crippen LogP) is 4.50. The van der Waals surface area contributed by atoms with Crippen molar-refractivity contribution in [1.29, 1.82) is 0 Å². The molecule has 3 nitrogen and oxygen atoms in total. The van der Waals surface area contributed by atoms with Crippen molar-refractivity contribution < 1.29 is 9.53 Å². The first kappa shape index (κ1) is 17.1. The Morgan fingerprint density at radius 1 is 1.04 bits per heavy atom. The highest BCUT2D eigenvalue weighted by Gasteiger charge is 2.13.